The van der Waals surface area contributed by atoms with E-state index in [4.69, 9.17) is 4.74 Å². The molecule has 2 amide bonds. The van der Waals surface area contributed by atoms with Crippen molar-refractivity contribution in [1.29, 1.82) is 0 Å². The van der Waals surface area contributed by atoms with Gasteiger partial charge in [-0.25, -0.2) is 8.42 Å². The first-order valence-corrected chi connectivity index (χ1v) is 19.0. The number of nitro benzene ring substituents is 1. The standard InChI is InChI=1S/C38H41BrN4O7S/c1-27-13-22-34(24-35(27)43(46)47)51(48,49)42(32-18-20-33(50-2)21-19-32)26-37(44)41(25-29-14-16-30(39)17-15-29)36(23-28-9-5-3-6-10-28)38(45)40-31-11-7-4-8-12-31/h3,5-6,9-10,13-22,24,31,36H,4,7-8,11-12,23,25-26H2,1-2H3,(H,40,45)/t36-/m0/s1. The van der Waals surface area contributed by atoms with Gasteiger partial charge in [0.1, 0.15) is 18.3 Å². The Morgan fingerprint density at radius 1 is 0.941 bits per heavy atom. The lowest BCUT2D eigenvalue weighted by Gasteiger charge is -2.35. The van der Waals surface area contributed by atoms with Crippen molar-refractivity contribution < 1.29 is 27.7 Å². The lowest BCUT2D eigenvalue weighted by Crippen LogP contribution is -2.55. The van der Waals surface area contributed by atoms with Crippen LogP contribution >= 0.6 is 15.9 Å². The van der Waals surface area contributed by atoms with Crippen molar-refractivity contribution >= 4 is 49.1 Å². The number of carbonyl (C=O) groups excluding carboxylic acids is 2. The lowest BCUT2D eigenvalue weighted by atomic mass is 9.94. The molecule has 1 N–H and O–H groups in total. The number of halogens is 1. The minimum absolute atomic E-state index is 0.0220. The Morgan fingerprint density at radius 3 is 2.24 bits per heavy atom. The van der Waals surface area contributed by atoms with E-state index in [2.05, 4.69) is 21.2 Å². The average Bonchev–Trinajstić information content (AvgIpc) is 3.13. The van der Waals surface area contributed by atoms with Crippen LogP contribution in [-0.4, -0.2) is 55.8 Å². The quantitative estimate of drug-likeness (QED) is 0.108. The van der Waals surface area contributed by atoms with Gasteiger partial charge in [-0.1, -0.05) is 83.7 Å². The molecule has 0 spiro atoms. The summed E-state index contributed by atoms with van der Waals surface area (Å²) in [6.07, 6.45) is 4.99. The van der Waals surface area contributed by atoms with Gasteiger partial charge < -0.3 is 15.0 Å². The van der Waals surface area contributed by atoms with Crippen molar-refractivity contribution in [3.8, 4) is 5.75 Å². The molecule has 51 heavy (non-hydrogen) atoms. The number of carbonyl (C=O) groups is 2. The number of nitrogens with one attached hydrogen (secondary N) is 1. The van der Waals surface area contributed by atoms with E-state index in [1.165, 1.54) is 43.2 Å². The first-order valence-electron chi connectivity index (χ1n) is 16.8. The summed E-state index contributed by atoms with van der Waals surface area (Å²) in [6, 6.07) is 25.5. The molecule has 0 aliphatic heterocycles. The predicted octanol–water partition coefficient (Wildman–Crippen LogP) is 6.96. The van der Waals surface area contributed by atoms with Gasteiger partial charge in [0.2, 0.25) is 11.8 Å². The third-order valence-corrected chi connectivity index (χ3v) is 11.4. The largest absolute Gasteiger partial charge is 0.497 e. The number of nitro groups is 1. The fourth-order valence-corrected chi connectivity index (χ4v) is 7.93. The molecule has 268 valence electrons. The Balaban J connectivity index is 1.59. The van der Waals surface area contributed by atoms with Crippen LogP contribution in [0.3, 0.4) is 0 Å². The van der Waals surface area contributed by atoms with Gasteiger partial charge in [0.15, 0.2) is 0 Å². The minimum atomic E-state index is -4.55. The van der Waals surface area contributed by atoms with Crippen LogP contribution < -0.4 is 14.4 Å². The first-order chi connectivity index (χ1) is 24.5. The van der Waals surface area contributed by atoms with Crippen molar-refractivity contribution in [2.45, 2.75) is 69.0 Å². The van der Waals surface area contributed by atoms with Gasteiger partial charge >= 0.3 is 0 Å². The zero-order chi connectivity index (χ0) is 36.5. The van der Waals surface area contributed by atoms with E-state index >= 15 is 0 Å². The molecule has 0 bridgehead atoms. The summed E-state index contributed by atoms with van der Waals surface area (Å²) >= 11 is 3.45. The molecule has 5 rings (SSSR count). The highest BCUT2D eigenvalue weighted by molar-refractivity contribution is 9.10. The molecule has 0 unspecified atom stereocenters. The van der Waals surface area contributed by atoms with Crippen molar-refractivity contribution in [3.05, 3.63) is 128 Å². The summed E-state index contributed by atoms with van der Waals surface area (Å²) in [7, 11) is -3.07. The summed E-state index contributed by atoms with van der Waals surface area (Å²) in [5, 5.41) is 15.0. The molecular weight excluding hydrogens is 736 g/mol. The molecule has 0 saturated heterocycles. The van der Waals surface area contributed by atoms with Crippen molar-refractivity contribution in [2.24, 2.45) is 0 Å². The van der Waals surface area contributed by atoms with E-state index in [1.807, 2.05) is 54.6 Å². The second-order valence-electron chi connectivity index (χ2n) is 12.6. The number of benzene rings is 4. The number of nitrogens with zero attached hydrogens (tertiary/aromatic N) is 3. The molecular formula is C38H41BrN4O7S. The highest BCUT2D eigenvalue weighted by atomic mass is 79.9. The molecule has 0 aromatic heterocycles. The van der Waals surface area contributed by atoms with E-state index in [0.717, 1.165) is 58.1 Å². The number of rotatable bonds is 14. The normalized spacial score (nSPS) is 13.9. The molecule has 1 fully saturated rings. The van der Waals surface area contributed by atoms with Crippen LogP contribution in [0.1, 0.15) is 48.8 Å². The molecule has 1 aliphatic carbocycles. The van der Waals surface area contributed by atoms with Crippen LogP contribution in [0.4, 0.5) is 11.4 Å². The predicted molar refractivity (Wildman–Crippen MR) is 199 cm³/mol. The van der Waals surface area contributed by atoms with Crippen LogP contribution in [0.2, 0.25) is 0 Å². The summed E-state index contributed by atoms with van der Waals surface area (Å²) < 4.78 is 35.8. The molecule has 13 heteroatoms. The van der Waals surface area contributed by atoms with Gasteiger partial charge in [0.05, 0.1) is 22.6 Å². The number of hydrogen-bond donors (Lipinski definition) is 1. The smallest absolute Gasteiger partial charge is 0.273 e. The Hall–Kier alpha value is -4.75. The first kappa shape index (κ1) is 37.5. The average molecular weight is 778 g/mol. The van der Waals surface area contributed by atoms with E-state index in [0.29, 0.717) is 11.3 Å². The second kappa shape index (κ2) is 17.0. The fourth-order valence-electron chi connectivity index (χ4n) is 6.24. The maximum absolute atomic E-state index is 14.8. The maximum Gasteiger partial charge on any atom is 0.273 e. The van der Waals surface area contributed by atoms with Crippen molar-refractivity contribution in [3.63, 3.8) is 0 Å². The Bertz CT molecular complexity index is 1940. The highest BCUT2D eigenvalue weighted by Crippen LogP contribution is 2.30. The Morgan fingerprint density at radius 2 is 1.61 bits per heavy atom. The molecule has 1 atom stereocenters. The molecule has 1 saturated carbocycles. The van der Waals surface area contributed by atoms with Gasteiger partial charge in [0.25, 0.3) is 15.7 Å². The third-order valence-electron chi connectivity index (χ3n) is 9.09. The number of anilines is 1. The number of ether oxygens (including phenoxy) is 1. The van der Waals surface area contributed by atoms with Crippen molar-refractivity contribution in [1.82, 2.24) is 10.2 Å². The monoisotopic (exact) mass is 776 g/mol. The van der Waals surface area contributed by atoms with Crippen molar-refractivity contribution in [2.75, 3.05) is 18.0 Å². The van der Waals surface area contributed by atoms with Gasteiger partial charge in [-0.3, -0.25) is 24.0 Å². The number of aryl methyl sites for hydroxylation is 1. The van der Waals surface area contributed by atoms with Gasteiger partial charge in [-0.05, 0) is 73.4 Å². The van der Waals surface area contributed by atoms with Crippen LogP contribution in [0.25, 0.3) is 0 Å². The molecule has 4 aromatic carbocycles. The summed E-state index contributed by atoms with van der Waals surface area (Å²) in [5.74, 6) is -0.476. The SMILES string of the molecule is COc1ccc(N(CC(=O)N(Cc2ccc(Br)cc2)[C@@H](Cc2ccccc2)C(=O)NC2CCCCC2)S(=O)(=O)c2ccc(C)c([N+](=O)[O-])c2)cc1. The zero-order valence-corrected chi connectivity index (χ0v) is 30.9. The van der Waals surface area contributed by atoms with Gasteiger partial charge in [0, 0.05) is 35.1 Å². The van der Waals surface area contributed by atoms with Crippen LogP contribution in [0.5, 0.6) is 5.75 Å². The number of methoxy groups -OCH3 is 1. The van der Waals surface area contributed by atoms with Gasteiger partial charge in [-0.15, -0.1) is 0 Å². The maximum atomic E-state index is 14.8. The van der Waals surface area contributed by atoms with Crippen LogP contribution in [0, 0.1) is 17.0 Å². The number of sulfonamides is 1. The van der Waals surface area contributed by atoms with Crippen LogP contribution in [0.15, 0.2) is 106 Å². The zero-order valence-electron chi connectivity index (χ0n) is 28.5. The number of hydrogen-bond acceptors (Lipinski definition) is 7. The fraction of sp³-hybridized carbons (Fsp3) is 0.316. The Kier molecular flexibility index (Phi) is 12.5. The van der Waals surface area contributed by atoms with E-state index in [9.17, 15) is 28.1 Å². The molecule has 11 nitrogen and oxygen atoms in total. The third kappa shape index (κ3) is 9.53. The van der Waals surface area contributed by atoms with Gasteiger partial charge in [-0.2, -0.15) is 0 Å². The number of amides is 2. The highest BCUT2D eigenvalue weighted by Gasteiger charge is 2.36. The topological polar surface area (TPSA) is 139 Å². The second-order valence-corrected chi connectivity index (χ2v) is 15.4. The van der Waals surface area contributed by atoms with Crippen LogP contribution in [-0.2, 0) is 32.6 Å². The summed E-state index contributed by atoms with van der Waals surface area (Å²) in [6.45, 7) is 0.855. The minimum Gasteiger partial charge on any atom is -0.497 e. The molecule has 0 radical (unpaired) electrons. The van der Waals surface area contributed by atoms with E-state index < -0.39 is 33.4 Å². The summed E-state index contributed by atoms with van der Waals surface area (Å²) in [4.78, 5) is 41.3. The van der Waals surface area contributed by atoms with E-state index in [1.54, 1.807) is 12.1 Å². The van der Waals surface area contributed by atoms with E-state index in [-0.39, 0.29) is 41.2 Å². The lowest BCUT2D eigenvalue weighted by molar-refractivity contribution is -0.385. The molecule has 0 heterocycles. The Labute approximate surface area is 306 Å². The molecule has 1 aliphatic rings. The summed E-state index contributed by atoms with van der Waals surface area (Å²) in [5.41, 5.74) is 1.64. The molecule has 4 aromatic rings.